The Balaban J connectivity index is 1.63. The molecule has 0 spiro atoms. The number of carbonyl (C=O) groups is 1. The standard InChI is InChI=1S/C21H19N5O2/c1-12-13(2)20(23-10-15(12)9-22)21(27)24-16-3-4-18-17(8-16)19(26-25-18)7-14-5-6-28-11-14/h3-4,7-8,10H,5-6,11H2,1-2H3,(H,24,27)(H,25,26)/b14-7-. The number of carbonyl (C=O) groups excluding carboxylic acids is 1. The lowest BCUT2D eigenvalue weighted by molar-refractivity contribution is 0.102. The largest absolute Gasteiger partial charge is 0.377 e. The Morgan fingerprint density at radius 3 is 2.96 bits per heavy atom. The zero-order chi connectivity index (χ0) is 19.7. The molecule has 1 amide bonds. The summed E-state index contributed by atoms with van der Waals surface area (Å²) in [4.78, 5) is 16.9. The van der Waals surface area contributed by atoms with Gasteiger partial charge in [0.05, 0.1) is 30.0 Å². The maximum Gasteiger partial charge on any atom is 0.274 e. The van der Waals surface area contributed by atoms with Gasteiger partial charge in [0.25, 0.3) is 5.91 Å². The summed E-state index contributed by atoms with van der Waals surface area (Å²) in [5.41, 5.74) is 5.85. The maximum absolute atomic E-state index is 12.7. The van der Waals surface area contributed by atoms with Crippen LogP contribution in [0.15, 0.2) is 30.0 Å². The van der Waals surface area contributed by atoms with E-state index in [1.807, 2.05) is 25.1 Å². The highest BCUT2D eigenvalue weighted by atomic mass is 16.5. The third-order valence-corrected chi connectivity index (χ3v) is 5.02. The van der Waals surface area contributed by atoms with E-state index in [9.17, 15) is 4.79 Å². The first-order valence-electron chi connectivity index (χ1n) is 9.00. The zero-order valence-electron chi connectivity index (χ0n) is 15.7. The lowest BCUT2D eigenvalue weighted by atomic mass is 10.0. The molecule has 0 atom stereocenters. The van der Waals surface area contributed by atoms with Gasteiger partial charge in [-0.05, 0) is 61.2 Å². The summed E-state index contributed by atoms with van der Waals surface area (Å²) in [5.74, 6) is -0.308. The van der Waals surface area contributed by atoms with Crippen LogP contribution in [0.2, 0.25) is 0 Å². The number of aromatic nitrogens is 3. The van der Waals surface area contributed by atoms with Gasteiger partial charge in [-0.15, -0.1) is 0 Å². The van der Waals surface area contributed by atoms with Crippen molar-refractivity contribution in [2.45, 2.75) is 20.3 Å². The van der Waals surface area contributed by atoms with Crippen molar-refractivity contribution in [1.29, 1.82) is 5.26 Å². The van der Waals surface area contributed by atoms with E-state index < -0.39 is 0 Å². The number of nitrogens with one attached hydrogen (secondary N) is 2. The monoisotopic (exact) mass is 373 g/mol. The lowest BCUT2D eigenvalue weighted by Gasteiger charge is -2.10. The Bertz CT molecular complexity index is 1150. The number of pyridine rings is 1. The van der Waals surface area contributed by atoms with Gasteiger partial charge in [0, 0.05) is 17.3 Å². The number of rotatable bonds is 3. The van der Waals surface area contributed by atoms with E-state index in [-0.39, 0.29) is 5.91 Å². The van der Waals surface area contributed by atoms with Gasteiger partial charge in [-0.1, -0.05) is 0 Å². The number of hydrogen-bond acceptors (Lipinski definition) is 5. The molecule has 1 aromatic carbocycles. The number of aromatic amines is 1. The molecule has 3 heterocycles. The van der Waals surface area contributed by atoms with E-state index in [0.717, 1.165) is 35.2 Å². The van der Waals surface area contributed by atoms with Crippen LogP contribution in [0.3, 0.4) is 0 Å². The summed E-state index contributed by atoms with van der Waals surface area (Å²) in [6, 6.07) is 7.65. The number of fused-ring (bicyclic) bond motifs is 1. The van der Waals surface area contributed by atoms with Crippen LogP contribution in [0.1, 0.15) is 39.3 Å². The third kappa shape index (κ3) is 3.26. The summed E-state index contributed by atoms with van der Waals surface area (Å²) in [5, 5.41) is 20.3. The highest BCUT2D eigenvalue weighted by Crippen LogP contribution is 2.25. The molecule has 3 aromatic rings. The van der Waals surface area contributed by atoms with E-state index in [0.29, 0.717) is 29.1 Å². The molecule has 0 unspecified atom stereocenters. The van der Waals surface area contributed by atoms with E-state index >= 15 is 0 Å². The number of benzene rings is 1. The molecule has 1 fully saturated rings. The zero-order valence-corrected chi connectivity index (χ0v) is 15.7. The lowest BCUT2D eigenvalue weighted by Crippen LogP contribution is -2.16. The second-order valence-electron chi connectivity index (χ2n) is 6.81. The van der Waals surface area contributed by atoms with Crippen molar-refractivity contribution in [2.24, 2.45) is 0 Å². The van der Waals surface area contributed by atoms with Crippen molar-refractivity contribution < 1.29 is 9.53 Å². The summed E-state index contributed by atoms with van der Waals surface area (Å²) in [6.07, 6.45) is 4.41. The minimum atomic E-state index is -0.308. The van der Waals surface area contributed by atoms with Crippen LogP contribution in [0.25, 0.3) is 17.0 Å². The predicted molar refractivity (Wildman–Crippen MR) is 106 cm³/mol. The van der Waals surface area contributed by atoms with Crippen molar-refractivity contribution in [2.75, 3.05) is 18.5 Å². The SMILES string of the molecule is Cc1c(C#N)cnc(C(=O)Nc2ccc3n[nH]c(/C=C4/CCOC4)c3c2)c1C. The van der Waals surface area contributed by atoms with Gasteiger partial charge in [0.2, 0.25) is 0 Å². The summed E-state index contributed by atoms with van der Waals surface area (Å²) >= 11 is 0. The molecule has 0 bridgehead atoms. The highest BCUT2D eigenvalue weighted by Gasteiger charge is 2.16. The smallest absolute Gasteiger partial charge is 0.274 e. The number of hydrogen-bond donors (Lipinski definition) is 2. The van der Waals surface area contributed by atoms with Crippen molar-refractivity contribution in [3.05, 3.63) is 58.0 Å². The Kier molecular flexibility index (Phi) is 4.63. The molecular weight excluding hydrogens is 354 g/mol. The molecule has 1 saturated heterocycles. The van der Waals surface area contributed by atoms with Crippen molar-refractivity contribution in [3.63, 3.8) is 0 Å². The van der Waals surface area contributed by atoms with Crippen LogP contribution in [0.4, 0.5) is 5.69 Å². The van der Waals surface area contributed by atoms with Crippen LogP contribution in [-0.4, -0.2) is 34.3 Å². The van der Waals surface area contributed by atoms with Gasteiger partial charge in [-0.2, -0.15) is 10.4 Å². The maximum atomic E-state index is 12.7. The second kappa shape index (κ2) is 7.25. The van der Waals surface area contributed by atoms with E-state index in [2.05, 4.69) is 32.6 Å². The van der Waals surface area contributed by atoms with Gasteiger partial charge in [-0.3, -0.25) is 9.89 Å². The molecule has 4 rings (SSSR count). The predicted octanol–water partition coefficient (Wildman–Crippen LogP) is 3.50. The quantitative estimate of drug-likeness (QED) is 0.731. The van der Waals surface area contributed by atoms with Crippen LogP contribution < -0.4 is 5.32 Å². The van der Waals surface area contributed by atoms with Crippen molar-refractivity contribution in [3.8, 4) is 6.07 Å². The molecule has 1 aliphatic heterocycles. The molecule has 2 N–H and O–H groups in total. The molecule has 1 aliphatic rings. The van der Waals surface area contributed by atoms with Crippen LogP contribution in [0.5, 0.6) is 0 Å². The number of amides is 1. The fourth-order valence-electron chi connectivity index (χ4n) is 3.25. The first-order valence-corrected chi connectivity index (χ1v) is 9.00. The Morgan fingerprint density at radius 1 is 1.36 bits per heavy atom. The Morgan fingerprint density at radius 2 is 2.21 bits per heavy atom. The fraction of sp³-hybridized carbons (Fsp3) is 0.238. The highest BCUT2D eigenvalue weighted by molar-refractivity contribution is 6.05. The number of ether oxygens (including phenoxy) is 1. The Labute approximate surface area is 162 Å². The molecule has 0 radical (unpaired) electrons. The summed E-state index contributed by atoms with van der Waals surface area (Å²) in [6.45, 7) is 5.00. The summed E-state index contributed by atoms with van der Waals surface area (Å²) < 4.78 is 5.39. The second-order valence-corrected chi connectivity index (χ2v) is 6.81. The van der Waals surface area contributed by atoms with Crippen LogP contribution in [-0.2, 0) is 4.74 Å². The van der Waals surface area contributed by atoms with Gasteiger partial charge in [-0.25, -0.2) is 4.98 Å². The van der Waals surface area contributed by atoms with E-state index in [1.54, 1.807) is 6.92 Å². The minimum absolute atomic E-state index is 0.308. The molecule has 2 aromatic heterocycles. The fourth-order valence-corrected chi connectivity index (χ4v) is 3.25. The average Bonchev–Trinajstić information content (AvgIpc) is 3.34. The molecule has 0 aliphatic carbocycles. The normalized spacial score (nSPS) is 15.1. The van der Waals surface area contributed by atoms with Crippen molar-refractivity contribution >= 4 is 28.6 Å². The molecular formula is C21H19N5O2. The van der Waals surface area contributed by atoms with E-state index in [1.165, 1.54) is 11.8 Å². The molecule has 140 valence electrons. The summed E-state index contributed by atoms with van der Waals surface area (Å²) in [7, 11) is 0. The average molecular weight is 373 g/mol. The third-order valence-electron chi connectivity index (χ3n) is 5.02. The number of H-pyrrole nitrogens is 1. The minimum Gasteiger partial charge on any atom is -0.377 e. The topological polar surface area (TPSA) is 104 Å². The van der Waals surface area contributed by atoms with Gasteiger partial charge < -0.3 is 10.1 Å². The molecule has 28 heavy (non-hydrogen) atoms. The molecule has 0 saturated carbocycles. The van der Waals surface area contributed by atoms with E-state index in [4.69, 9.17) is 10.00 Å². The van der Waals surface area contributed by atoms with Crippen molar-refractivity contribution in [1.82, 2.24) is 15.2 Å². The molecule has 7 heteroatoms. The van der Waals surface area contributed by atoms with Gasteiger partial charge in [0.15, 0.2) is 0 Å². The number of anilines is 1. The van der Waals surface area contributed by atoms with Crippen LogP contribution in [0, 0.1) is 25.2 Å². The van der Waals surface area contributed by atoms with Gasteiger partial charge >= 0.3 is 0 Å². The van der Waals surface area contributed by atoms with Gasteiger partial charge in [0.1, 0.15) is 11.8 Å². The van der Waals surface area contributed by atoms with Crippen LogP contribution >= 0.6 is 0 Å². The number of nitrogens with zero attached hydrogens (tertiary/aromatic N) is 3. The Hall–Kier alpha value is -3.50. The number of nitriles is 1. The first-order chi connectivity index (χ1) is 13.6. The first kappa shape index (κ1) is 17.9. The molecule has 7 nitrogen and oxygen atoms in total.